The summed E-state index contributed by atoms with van der Waals surface area (Å²) in [5, 5.41) is 10.5. The number of carbonyl (C=O) groups excluding carboxylic acids is 3. The molecule has 3 aliphatic heterocycles. The maximum atomic E-state index is 14.3. The highest BCUT2D eigenvalue weighted by Gasteiger charge is 2.78. The highest BCUT2D eigenvalue weighted by atomic mass is 35.5. The van der Waals surface area contributed by atoms with E-state index in [1.165, 1.54) is 4.90 Å². The highest BCUT2D eigenvalue weighted by molar-refractivity contribution is 8.02. The number of likely N-dealkylation sites (tertiary alicyclic amines) is 1. The number of amides is 2. The van der Waals surface area contributed by atoms with Crippen molar-refractivity contribution in [2.75, 3.05) is 24.7 Å². The molecule has 1 aromatic rings. The van der Waals surface area contributed by atoms with Crippen molar-refractivity contribution >= 4 is 46.8 Å². The van der Waals surface area contributed by atoms with Crippen LogP contribution in [0.25, 0.3) is 0 Å². The summed E-state index contributed by atoms with van der Waals surface area (Å²) in [6.07, 6.45) is 2.98. The first-order chi connectivity index (χ1) is 16.1. The van der Waals surface area contributed by atoms with Crippen molar-refractivity contribution in [2.24, 2.45) is 11.8 Å². The largest absolute Gasteiger partial charge is 0.466 e. The lowest BCUT2D eigenvalue weighted by atomic mass is 9.66. The van der Waals surface area contributed by atoms with Crippen LogP contribution in [0.15, 0.2) is 36.9 Å². The van der Waals surface area contributed by atoms with Gasteiger partial charge < -0.3 is 19.6 Å². The Morgan fingerprint density at radius 1 is 1.38 bits per heavy atom. The third-order valence-corrected chi connectivity index (χ3v) is 9.68. The van der Waals surface area contributed by atoms with E-state index in [0.29, 0.717) is 23.6 Å². The van der Waals surface area contributed by atoms with Crippen LogP contribution in [0.5, 0.6) is 0 Å². The molecule has 7 nitrogen and oxygen atoms in total. The van der Waals surface area contributed by atoms with E-state index in [2.05, 4.69) is 6.58 Å². The molecule has 6 atom stereocenters. The summed E-state index contributed by atoms with van der Waals surface area (Å²) in [5.41, 5.74) is 0.642. The van der Waals surface area contributed by atoms with Crippen molar-refractivity contribution < 1.29 is 24.2 Å². The van der Waals surface area contributed by atoms with Gasteiger partial charge in [0.05, 0.1) is 35.8 Å². The average Bonchev–Trinajstić information content (AvgIpc) is 3.38. The molecular formula is C25H31ClN2O5S. The van der Waals surface area contributed by atoms with Gasteiger partial charge in [-0.05, 0) is 57.9 Å². The van der Waals surface area contributed by atoms with Crippen molar-refractivity contribution in [2.45, 2.75) is 55.2 Å². The molecule has 2 bridgehead atoms. The first-order valence-corrected chi connectivity index (χ1v) is 12.8. The molecule has 1 aromatic carbocycles. The van der Waals surface area contributed by atoms with Gasteiger partial charge in [0.2, 0.25) is 5.91 Å². The Balaban J connectivity index is 1.82. The molecule has 0 aromatic heterocycles. The Morgan fingerprint density at radius 2 is 2.06 bits per heavy atom. The Hall–Kier alpha value is -2.03. The molecule has 2 amide bonds. The molecule has 3 heterocycles. The fraction of sp³-hybridized carbons (Fsp3) is 0.560. The van der Waals surface area contributed by atoms with Crippen LogP contribution in [0.2, 0.25) is 5.02 Å². The number of hydrogen-bond acceptors (Lipinski definition) is 6. The van der Waals surface area contributed by atoms with Crippen molar-refractivity contribution in [1.82, 2.24) is 4.90 Å². The van der Waals surface area contributed by atoms with E-state index in [0.717, 1.165) is 0 Å². The molecule has 1 spiro atoms. The molecule has 0 aliphatic carbocycles. The van der Waals surface area contributed by atoms with Crippen LogP contribution >= 0.6 is 23.4 Å². The van der Waals surface area contributed by atoms with E-state index >= 15 is 0 Å². The summed E-state index contributed by atoms with van der Waals surface area (Å²) in [5.74, 6) is -2.20. The standard InChI is InChI=1S/C25H31ClN2O5S/c1-5-13-27(17-9-7-16(26)8-10-17)22(31)20-25-12-11-24(4,34-25)19(23(32)33-6-2)18(25)21(30)28(20)15(3)14-29/h5,7-10,15,18-20,29H,1,6,11-14H2,2-4H3/t15-,18+,19-,20?,24+,25?/m1/s1. The molecule has 1 N–H and O–H groups in total. The minimum atomic E-state index is -0.825. The molecular weight excluding hydrogens is 476 g/mol. The number of halogens is 1. The summed E-state index contributed by atoms with van der Waals surface area (Å²) in [4.78, 5) is 44.3. The molecule has 34 heavy (non-hydrogen) atoms. The number of rotatable bonds is 8. The zero-order chi connectivity index (χ0) is 24.8. The SMILES string of the molecule is C=CCN(C(=O)C1N([C@H](C)CO)C(=O)[C@@H]2[C@H](C(=O)OCC)[C@]3(C)CCC12S3)c1ccc(Cl)cc1. The van der Waals surface area contributed by atoms with Gasteiger partial charge in [-0.2, -0.15) is 0 Å². The molecule has 3 fully saturated rings. The zero-order valence-electron chi connectivity index (χ0n) is 19.7. The summed E-state index contributed by atoms with van der Waals surface area (Å²) in [6.45, 7) is 9.48. The second kappa shape index (κ2) is 9.21. The first kappa shape index (κ1) is 25.1. The number of thioether (sulfide) groups is 1. The number of nitrogens with zero attached hydrogens (tertiary/aromatic N) is 2. The monoisotopic (exact) mass is 506 g/mol. The van der Waals surface area contributed by atoms with Gasteiger partial charge in [-0.1, -0.05) is 17.7 Å². The number of hydrogen-bond donors (Lipinski definition) is 1. The lowest BCUT2D eigenvalue weighted by Crippen LogP contribution is -2.57. The summed E-state index contributed by atoms with van der Waals surface area (Å²) < 4.78 is 4.14. The zero-order valence-corrected chi connectivity index (χ0v) is 21.3. The van der Waals surface area contributed by atoms with E-state index < -0.39 is 33.4 Å². The van der Waals surface area contributed by atoms with E-state index in [1.807, 2.05) is 6.92 Å². The van der Waals surface area contributed by atoms with Crippen LogP contribution in [0.1, 0.15) is 33.6 Å². The van der Waals surface area contributed by atoms with Crippen LogP contribution in [0, 0.1) is 11.8 Å². The number of ether oxygens (including phenoxy) is 1. The number of aliphatic hydroxyl groups is 1. The van der Waals surface area contributed by atoms with Crippen LogP contribution in [-0.4, -0.2) is 69.1 Å². The lowest BCUT2D eigenvalue weighted by molar-refractivity contribution is -0.155. The van der Waals surface area contributed by atoms with Gasteiger partial charge in [-0.15, -0.1) is 18.3 Å². The Kier molecular flexibility index (Phi) is 6.79. The maximum absolute atomic E-state index is 14.3. The molecule has 184 valence electrons. The Labute approximate surface area is 209 Å². The molecule has 9 heteroatoms. The van der Waals surface area contributed by atoms with Crippen LogP contribution in [0.3, 0.4) is 0 Å². The van der Waals surface area contributed by atoms with E-state index in [-0.39, 0.29) is 37.5 Å². The molecule has 3 aliphatic rings. The number of carbonyl (C=O) groups is 3. The average molecular weight is 507 g/mol. The van der Waals surface area contributed by atoms with Crippen molar-refractivity contribution in [3.63, 3.8) is 0 Å². The van der Waals surface area contributed by atoms with Crippen LogP contribution in [0.4, 0.5) is 5.69 Å². The number of benzene rings is 1. The first-order valence-electron chi connectivity index (χ1n) is 11.6. The van der Waals surface area contributed by atoms with Gasteiger partial charge >= 0.3 is 5.97 Å². The van der Waals surface area contributed by atoms with Gasteiger partial charge in [0.25, 0.3) is 5.91 Å². The lowest BCUT2D eigenvalue weighted by Gasteiger charge is -2.38. The van der Waals surface area contributed by atoms with Crippen molar-refractivity contribution in [3.05, 3.63) is 41.9 Å². The van der Waals surface area contributed by atoms with Crippen molar-refractivity contribution in [1.29, 1.82) is 0 Å². The maximum Gasteiger partial charge on any atom is 0.311 e. The quantitative estimate of drug-likeness (QED) is 0.430. The third kappa shape index (κ3) is 3.65. The van der Waals surface area contributed by atoms with Crippen LogP contribution < -0.4 is 4.90 Å². The van der Waals surface area contributed by atoms with Gasteiger partial charge in [-0.25, -0.2) is 0 Å². The summed E-state index contributed by atoms with van der Waals surface area (Å²) >= 11 is 7.64. The number of esters is 1. The molecule has 4 rings (SSSR count). The predicted octanol–water partition coefficient (Wildman–Crippen LogP) is 3.28. The second-order valence-corrected chi connectivity index (χ2v) is 11.8. The Morgan fingerprint density at radius 3 is 2.65 bits per heavy atom. The van der Waals surface area contributed by atoms with Crippen molar-refractivity contribution in [3.8, 4) is 0 Å². The summed E-state index contributed by atoms with van der Waals surface area (Å²) in [6, 6.07) is 5.54. The van der Waals surface area contributed by atoms with E-state index in [1.54, 1.807) is 60.9 Å². The van der Waals surface area contributed by atoms with E-state index in [4.69, 9.17) is 16.3 Å². The normalized spacial score (nSPS) is 32.4. The molecule has 3 saturated heterocycles. The third-order valence-electron chi connectivity index (χ3n) is 7.44. The molecule has 2 unspecified atom stereocenters. The Bertz CT molecular complexity index is 1000. The van der Waals surface area contributed by atoms with E-state index in [9.17, 15) is 19.5 Å². The van der Waals surface area contributed by atoms with Gasteiger partial charge in [0.15, 0.2) is 0 Å². The smallest absolute Gasteiger partial charge is 0.311 e. The molecule has 0 radical (unpaired) electrons. The number of anilines is 1. The van der Waals surface area contributed by atoms with Gasteiger partial charge in [0.1, 0.15) is 6.04 Å². The minimum absolute atomic E-state index is 0.229. The molecule has 0 saturated carbocycles. The predicted molar refractivity (Wildman–Crippen MR) is 133 cm³/mol. The summed E-state index contributed by atoms with van der Waals surface area (Å²) in [7, 11) is 0. The van der Waals surface area contributed by atoms with Gasteiger partial charge in [0, 0.05) is 22.0 Å². The fourth-order valence-electron chi connectivity index (χ4n) is 6.02. The fourth-order valence-corrected chi connectivity index (χ4v) is 8.47. The minimum Gasteiger partial charge on any atom is -0.466 e. The van der Waals surface area contributed by atoms with Crippen LogP contribution in [-0.2, 0) is 19.1 Å². The topological polar surface area (TPSA) is 87.2 Å². The number of fused-ring (bicyclic) bond motifs is 1. The van der Waals surface area contributed by atoms with Gasteiger partial charge in [-0.3, -0.25) is 14.4 Å². The second-order valence-electron chi connectivity index (χ2n) is 9.47. The highest BCUT2D eigenvalue weighted by Crippen LogP contribution is 2.71. The number of aliphatic hydroxyl groups excluding tert-OH is 1.